The zero-order chi connectivity index (χ0) is 28.6. The Balaban J connectivity index is 1.46. The highest BCUT2D eigenvalue weighted by atomic mass is 16.7. The number of para-hydroxylation sites is 2. The summed E-state index contributed by atoms with van der Waals surface area (Å²) in [6, 6.07) is 21.4. The van der Waals surface area contributed by atoms with E-state index >= 15 is 0 Å². The predicted molar refractivity (Wildman–Crippen MR) is 156 cm³/mol. The lowest BCUT2D eigenvalue weighted by Crippen LogP contribution is -2.38. The fraction of sp³-hybridized carbons (Fsp3) is 0.364. The number of aromatic hydroxyl groups is 1. The van der Waals surface area contributed by atoms with Crippen molar-refractivity contribution >= 4 is 11.6 Å². The van der Waals surface area contributed by atoms with Crippen LogP contribution in [0.1, 0.15) is 36.0 Å². The fourth-order valence-corrected chi connectivity index (χ4v) is 5.66. The van der Waals surface area contributed by atoms with Crippen LogP contribution in [0.2, 0.25) is 0 Å². The predicted octanol–water partition coefficient (Wildman–Crippen LogP) is 4.99. The Labute approximate surface area is 240 Å². The summed E-state index contributed by atoms with van der Waals surface area (Å²) in [6.45, 7) is 3.86. The number of phenolic OH excluding ortho intramolecular Hbond substituents is 1. The smallest absolute Gasteiger partial charge is 0.290 e. The topological polar surface area (TPSA) is 106 Å². The van der Waals surface area contributed by atoms with E-state index in [-0.39, 0.29) is 36.6 Å². The van der Waals surface area contributed by atoms with Crippen molar-refractivity contribution in [3.8, 4) is 16.9 Å². The molecule has 2 aliphatic rings. The second kappa shape index (κ2) is 13.8. The maximum atomic E-state index is 13.4. The van der Waals surface area contributed by atoms with E-state index < -0.39 is 12.2 Å². The van der Waals surface area contributed by atoms with Crippen molar-refractivity contribution in [2.24, 2.45) is 5.92 Å². The van der Waals surface area contributed by atoms with Crippen molar-refractivity contribution < 1.29 is 34.0 Å². The zero-order valence-corrected chi connectivity index (χ0v) is 23.3. The van der Waals surface area contributed by atoms with E-state index in [4.69, 9.17) is 24.1 Å². The molecule has 1 heterocycles. The molecule has 3 atom stereocenters. The number of allylic oxidation sites excluding steroid dienone is 1. The molecule has 0 unspecified atom stereocenters. The van der Waals surface area contributed by atoms with Gasteiger partial charge in [0.2, 0.25) is 6.29 Å². The van der Waals surface area contributed by atoms with Gasteiger partial charge in [0.05, 0.1) is 32.1 Å². The minimum Gasteiger partial charge on any atom is -0.506 e. The first kappa shape index (κ1) is 28.8. The summed E-state index contributed by atoms with van der Waals surface area (Å²) in [7, 11) is 0. The number of hydrogen-bond donors (Lipinski definition) is 3. The number of carbonyl (C=O) groups excluding carboxylic acids is 1. The van der Waals surface area contributed by atoms with E-state index in [1.807, 2.05) is 13.0 Å². The van der Waals surface area contributed by atoms with Crippen molar-refractivity contribution in [1.82, 2.24) is 0 Å². The number of ether oxygens (including phenoxy) is 4. The maximum absolute atomic E-state index is 13.4. The Bertz CT molecular complexity index is 1370. The normalized spacial score (nSPS) is 19.2. The number of carbonyl (C=O) groups is 1. The number of amides is 1. The largest absolute Gasteiger partial charge is 0.506 e. The van der Waals surface area contributed by atoms with Gasteiger partial charge < -0.3 is 34.5 Å². The number of benzene rings is 3. The average molecular weight is 560 g/mol. The van der Waals surface area contributed by atoms with Gasteiger partial charge in [0.1, 0.15) is 5.75 Å². The van der Waals surface area contributed by atoms with Crippen LogP contribution < -0.4 is 5.32 Å². The maximum Gasteiger partial charge on any atom is 0.290 e. The molecule has 0 saturated carbocycles. The minimum atomic E-state index is -0.672. The van der Waals surface area contributed by atoms with Gasteiger partial charge in [0, 0.05) is 25.0 Å². The van der Waals surface area contributed by atoms with E-state index in [2.05, 4.69) is 47.8 Å². The van der Waals surface area contributed by atoms with Gasteiger partial charge >= 0.3 is 0 Å². The molecule has 0 spiro atoms. The highest BCUT2D eigenvalue weighted by Crippen LogP contribution is 2.45. The molecule has 3 aromatic carbocycles. The molecular weight excluding hydrogens is 522 g/mol. The van der Waals surface area contributed by atoms with Gasteiger partial charge in [0.15, 0.2) is 5.76 Å². The van der Waals surface area contributed by atoms with Gasteiger partial charge in [-0.2, -0.15) is 0 Å². The average Bonchev–Trinajstić information content (AvgIpc) is 3.37. The van der Waals surface area contributed by atoms with Crippen LogP contribution in [-0.4, -0.2) is 62.1 Å². The Kier molecular flexibility index (Phi) is 9.69. The summed E-state index contributed by atoms with van der Waals surface area (Å²) in [5, 5.41) is 21.9. The molecular formula is C33H37NO7. The van der Waals surface area contributed by atoms with Crippen molar-refractivity contribution in [1.29, 1.82) is 0 Å². The number of anilines is 1. The number of phenols is 1. The van der Waals surface area contributed by atoms with Gasteiger partial charge in [-0.3, -0.25) is 4.79 Å². The molecule has 0 fully saturated rings. The molecule has 3 N–H and O–H groups in total. The van der Waals surface area contributed by atoms with Crippen molar-refractivity contribution in [3.63, 3.8) is 0 Å². The third-order valence-corrected chi connectivity index (χ3v) is 7.54. The van der Waals surface area contributed by atoms with Gasteiger partial charge in [-0.05, 0) is 65.8 Å². The van der Waals surface area contributed by atoms with Crippen LogP contribution in [0.15, 0.2) is 78.6 Å². The molecule has 0 radical (unpaired) electrons. The minimum absolute atomic E-state index is 0.0193. The Morgan fingerprint density at radius 3 is 2.51 bits per heavy atom. The first-order valence-electron chi connectivity index (χ1n) is 14.2. The van der Waals surface area contributed by atoms with Crippen LogP contribution in [0.25, 0.3) is 11.1 Å². The van der Waals surface area contributed by atoms with E-state index in [1.165, 1.54) is 28.3 Å². The molecule has 0 saturated heterocycles. The van der Waals surface area contributed by atoms with Crippen LogP contribution >= 0.6 is 0 Å². The summed E-state index contributed by atoms with van der Waals surface area (Å²) in [5.74, 6) is -0.617. The number of nitrogens with one attached hydrogen (secondary N) is 1. The number of hydrogen-bond acceptors (Lipinski definition) is 7. The van der Waals surface area contributed by atoms with Crippen LogP contribution in [0.4, 0.5) is 5.69 Å². The SMILES string of the molecule is CCO[C@H]1OC(C(=O)Nc2ccccc2O)=C[C@@H](c2cccc3c2Cc2ccccc2-3)[C@H]1CCOCCOCCO. The molecule has 1 amide bonds. The fourth-order valence-electron chi connectivity index (χ4n) is 5.66. The Hall–Kier alpha value is -3.69. The lowest BCUT2D eigenvalue weighted by molar-refractivity contribution is -0.166. The first-order chi connectivity index (χ1) is 20.1. The number of rotatable bonds is 13. The quantitative estimate of drug-likeness (QED) is 0.156. The standard InChI is InChI=1S/C33H37NO7/c1-2-40-33-26(14-16-38-18-19-39-17-15-35)28(21-31(41-33)32(37)34-29-12-5-6-13-30(29)36)25-11-7-10-24-23-9-4-3-8-22(23)20-27(24)25/h3-13,21,26,28,33,35-36H,2,14-20H2,1H3,(H,34,37)/t26-,28+,33+/m1/s1. The monoisotopic (exact) mass is 559 g/mol. The molecule has 8 nitrogen and oxygen atoms in total. The molecule has 8 heteroatoms. The van der Waals surface area contributed by atoms with Crippen molar-refractivity contribution in [2.75, 3.05) is 45.0 Å². The van der Waals surface area contributed by atoms with E-state index in [1.54, 1.807) is 18.2 Å². The van der Waals surface area contributed by atoms with Gasteiger partial charge in [-0.15, -0.1) is 0 Å². The zero-order valence-electron chi connectivity index (χ0n) is 23.3. The molecule has 1 aliphatic heterocycles. The summed E-state index contributed by atoms with van der Waals surface area (Å²) < 4.78 is 23.5. The molecule has 5 rings (SSSR count). The highest BCUT2D eigenvalue weighted by molar-refractivity contribution is 6.03. The van der Waals surface area contributed by atoms with Gasteiger partial charge in [0.25, 0.3) is 5.91 Å². The Morgan fingerprint density at radius 2 is 1.71 bits per heavy atom. The van der Waals surface area contributed by atoms with E-state index in [0.29, 0.717) is 38.5 Å². The van der Waals surface area contributed by atoms with Crippen molar-refractivity contribution in [2.45, 2.75) is 32.0 Å². The Morgan fingerprint density at radius 1 is 0.951 bits per heavy atom. The molecule has 0 aromatic heterocycles. The second-order valence-electron chi connectivity index (χ2n) is 10.1. The lowest BCUT2D eigenvalue weighted by atomic mass is 9.78. The summed E-state index contributed by atoms with van der Waals surface area (Å²) in [5.41, 5.74) is 6.42. The number of fused-ring (bicyclic) bond motifs is 3. The summed E-state index contributed by atoms with van der Waals surface area (Å²) in [4.78, 5) is 13.4. The summed E-state index contributed by atoms with van der Waals surface area (Å²) in [6.07, 6.45) is 2.67. The first-order valence-corrected chi connectivity index (χ1v) is 14.2. The molecule has 3 aromatic rings. The molecule has 0 bridgehead atoms. The van der Waals surface area contributed by atoms with Crippen molar-refractivity contribution in [3.05, 3.63) is 95.3 Å². The van der Waals surface area contributed by atoms with E-state index in [9.17, 15) is 9.90 Å². The molecule has 1 aliphatic carbocycles. The van der Waals surface area contributed by atoms with E-state index in [0.717, 1.165) is 12.0 Å². The number of aliphatic hydroxyl groups is 1. The van der Waals surface area contributed by atoms with Crippen LogP contribution in [0, 0.1) is 5.92 Å². The summed E-state index contributed by atoms with van der Waals surface area (Å²) >= 11 is 0. The van der Waals surface area contributed by atoms with Gasteiger partial charge in [-0.25, -0.2) is 0 Å². The number of aliphatic hydroxyl groups excluding tert-OH is 1. The second-order valence-corrected chi connectivity index (χ2v) is 10.1. The molecule has 41 heavy (non-hydrogen) atoms. The highest BCUT2D eigenvalue weighted by Gasteiger charge is 2.39. The van der Waals surface area contributed by atoms with Gasteiger partial charge in [-0.1, -0.05) is 54.6 Å². The third-order valence-electron chi connectivity index (χ3n) is 7.54. The lowest BCUT2D eigenvalue weighted by Gasteiger charge is -2.37. The third kappa shape index (κ3) is 6.63. The molecule has 216 valence electrons. The van der Waals surface area contributed by atoms with Crippen LogP contribution in [0.3, 0.4) is 0 Å². The van der Waals surface area contributed by atoms with Crippen LogP contribution in [0.5, 0.6) is 5.75 Å². The van der Waals surface area contributed by atoms with Crippen LogP contribution in [-0.2, 0) is 30.2 Å².